The summed E-state index contributed by atoms with van der Waals surface area (Å²) < 4.78 is 15.8. The second-order valence-corrected chi connectivity index (χ2v) is 8.54. The van der Waals surface area contributed by atoms with E-state index < -0.39 is 11.8 Å². The Hall–Kier alpha value is -3.22. The van der Waals surface area contributed by atoms with E-state index in [1.807, 2.05) is 63.2 Å². The molecule has 0 aliphatic carbocycles. The van der Waals surface area contributed by atoms with Crippen molar-refractivity contribution in [2.24, 2.45) is 0 Å². The Morgan fingerprint density at radius 3 is 2.26 bits per heavy atom. The molecule has 0 unspecified atom stereocenters. The molecule has 1 saturated heterocycles. The third kappa shape index (κ3) is 7.51. The first kappa shape index (κ1) is 22.5. The van der Waals surface area contributed by atoms with Crippen LogP contribution in [0.5, 0.6) is 5.75 Å². The van der Waals surface area contributed by atoms with Crippen LogP contribution >= 0.6 is 0 Å². The van der Waals surface area contributed by atoms with Crippen molar-refractivity contribution in [2.45, 2.75) is 51.9 Å². The van der Waals surface area contributed by atoms with E-state index in [1.54, 1.807) is 17.0 Å². The van der Waals surface area contributed by atoms with Crippen molar-refractivity contribution in [3.8, 4) is 5.75 Å². The fourth-order valence-corrected chi connectivity index (χ4v) is 3.23. The molecule has 0 aromatic heterocycles. The van der Waals surface area contributed by atoms with Gasteiger partial charge in [0.2, 0.25) is 0 Å². The highest BCUT2D eigenvalue weighted by Gasteiger charge is 2.26. The lowest BCUT2D eigenvalue weighted by Crippen LogP contribution is -2.44. The number of hydrogen-bond acceptors (Lipinski definition) is 6. The summed E-state index contributed by atoms with van der Waals surface area (Å²) in [4.78, 5) is 25.8. The highest BCUT2D eigenvalue weighted by atomic mass is 16.7. The number of ether oxygens (including phenoxy) is 3. The van der Waals surface area contributed by atoms with Crippen LogP contribution in [-0.2, 0) is 16.1 Å². The monoisotopic (exact) mass is 426 g/mol. The Balaban J connectivity index is 1.40. The van der Waals surface area contributed by atoms with Crippen LogP contribution < -0.4 is 10.1 Å². The number of amides is 1. The van der Waals surface area contributed by atoms with E-state index in [0.29, 0.717) is 18.8 Å². The lowest BCUT2D eigenvalue weighted by molar-refractivity contribution is 0.0210. The predicted octanol–water partition coefficient (Wildman–Crippen LogP) is 5.21. The molecule has 1 amide bonds. The van der Waals surface area contributed by atoms with E-state index in [2.05, 4.69) is 5.32 Å². The lowest BCUT2D eigenvalue weighted by atomic mass is 10.0. The molecule has 7 nitrogen and oxygen atoms in total. The molecule has 1 N–H and O–H groups in total. The molecule has 3 rings (SSSR count). The third-order valence-electron chi connectivity index (χ3n) is 4.77. The number of rotatable bonds is 5. The molecule has 2 aromatic rings. The van der Waals surface area contributed by atoms with Gasteiger partial charge in [-0.15, -0.1) is 0 Å². The standard InChI is InChI=1S/C24H30N2O5/c1-24(2,3)31-22(27)26-15-13-20(14-16-26)25-19-9-11-21(12-10-19)30-23(28)29-17-18-7-5-4-6-8-18/h4-12,20,25H,13-17H2,1-3H3. The third-order valence-corrected chi connectivity index (χ3v) is 4.77. The van der Waals surface area contributed by atoms with Gasteiger partial charge in [0.25, 0.3) is 0 Å². The first-order chi connectivity index (χ1) is 14.8. The maximum absolute atomic E-state index is 12.2. The highest BCUT2D eigenvalue weighted by Crippen LogP contribution is 2.21. The van der Waals surface area contributed by atoms with Crippen LogP contribution in [-0.4, -0.2) is 41.9 Å². The molecule has 1 fully saturated rings. The molecule has 1 heterocycles. The van der Waals surface area contributed by atoms with Gasteiger partial charge in [0.15, 0.2) is 0 Å². The molecule has 31 heavy (non-hydrogen) atoms. The summed E-state index contributed by atoms with van der Waals surface area (Å²) in [7, 11) is 0. The number of carbonyl (C=O) groups is 2. The summed E-state index contributed by atoms with van der Waals surface area (Å²) in [6, 6.07) is 16.9. The maximum Gasteiger partial charge on any atom is 0.514 e. The summed E-state index contributed by atoms with van der Waals surface area (Å²) in [5.41, 5.74) is 1.35. The maximum atomic E-state index is 12.2. The Kier molecular flexibility index (Phi) is 7.39. The van der Waals surface area contributed by atoms with E-state index >= 15 is 0 Å². The van der Waals surface area contributed by atoms with E-state index in [9.17, 15) is 9.59 Å². The SMILES string of the molecule is CC(C)(C)OC(=O)N1CCC(Nc2ccc(OC(=O)OCc3ccccc3)cc2)CC1. The van der Waals surface area contributed by atoms with Gasteiger partial charge in [-0.05, 0) is 63.4 Å². The van der Waals surface area contributed by atoms with Crippen LogP contribution in [0.15, 0.2) is 54.6 Å². The van der Waals surface area contributed by atoms with Crippen LogP contribution in [0.25, 0.3) is 0 Å². The van der Waals surface area contributed by atoms with Crippen molar-refractivity contribution in [1.82, 2.24) is 4.90 Å². The lowest BCUT2D eigenvalue weighted by Gasteiger charge is -2.34. The Morgan fingerprint density at radius 2 is 1.65 bits per heavy atom. The van der Waals surface area contributed by atoms with Gasteiger partial charge in [-0.25, -0.2) is 9.59 Å². The number of carbonyl (C=O) groups excluding carboxylic acids is 2. The van der Waals surface area contributed by atoms with Crippen molar-refractivity contribution < 1.29 is 23.8 Å². The van der Waals surface area contributed by atoms with Crippen LogP contribution in [0, 0.1) is 0 Å². The van der Waals surface area contributed by atoms with Crippen LogP contribution in [0.4, 0.5) is 15.3 Å². The first-order valence-corrected chi connectivity index (χ1v) is 10.5. The molecule has 0 radical (unpaired) electrons. The summed E-state index contributed by atoms with van der Waals surface area (Å²) in [5, 5.41) is 3.47. The summed E-state index contributed by atoms with van der Waals surface area (Å²) in [5.74, 6) is 0.420. The molecule has 0 atom stereocenters. The van der Waals surface area contributed by atoms with E-state index in [1.165, 1.54) is 0 Å². The van der Waals surface area contributed by atoms with E-state index in [0.717, 1.165) is 24.1 Å². The number of nitrogens with zero attached hydrogens (tertiary/aromatic N) is 1. The minimum absolute atomic E-state index is 0.168. The van der Waals surface area contributed by atoms with Gasteiger partial charge >= 0.3 is 12.2 Å². The van der Waals surface area contributed by atoms with E-state index in [-0.39, 0.29) is 18.7 Å². The Bertz CT molecular complexity index is 854. The van der Waals surface area contributed by atoms with Gasteiger partial charge in [0.05, 0.1) is 0 Å². The molecule has 166 valence electrons. The van der Waals surface area contributed by atoms with Crippen molar-refractivity contribution in [3.05, 3.63) is 60.2 Å². The first-order valence-electron chi connectivity index (χ1n) is 10.5. The zero-order valence-electron chi connectivity index (χ0n) is 18.3. The summed E-state index contributed by atoms with van der Waals surface area (Å²) in [6.07, 6.45) is 0.678. The number of benzene rings is 2. The smallest absolute Gasteiger partial charge is 0.444 e. The van der Waals surface area contributed by atoms with Gasteiger partial charge in [-0.1, -0.05) is 30.3 Å². The van der Waals surface area contributed by atoms with Gasteiger partial charge in [0.1, 0.15) is 18.0 Å². The van der Waals surface area contributed by atoms with Gasteiger partial charge in [0, 0.05) is 24.8 Å². The molecule has 1 aliphatic heterocycles. The minimum Gasteiger partial charge on any atom is -0.444 e. The van der Waals surface area contributed by atoms with Crippen molar-refractivity contribution in [3.63, 3.8) is 0 Å². The van der Waals surface area contributed by atoms with Crippen LogP contribution in [0.3, 0.4) is 0 Å². The molecule has 0 saturated carbocycles. The topological polar surface area (TPSA) is 77.1 Å². The van der Waals surface area contributed by atoms with Gasteiger partial charge in [-0.3, -0.25) is 0 Å². The second kappa shape index (κ2) is 10.2. The molecule has 0 bridgehead atoms. The largest absolute Gasteiger partial charge is 0.514 e. The normalized spacial score (nSPS) is 14.6. The highest BCUT2D eigenvalue weighted by molar-refractivity contribution is 5.68. The quantitative estimate of drug-likeness (QED) is 0.522. The Labute approximate surface area is 183 Å². The van der Waals surface area contributed by atoms with Crippen molar-refractivity contribution in [2.75, 3.05) is 18.4 Å². The van der Waals surface area contributed by atoms with Crippen LogP contribution in [0.2, 0.25) is 0 Å². The molecule has 7 heteroatoms. The second-order valence-electron chi connectivity index (χ2n) is 8.54. The van der Waals surface area contributed by atoms with Gasteiger partial charge < -0.3 is 24.4 Å². The zero-order chi connectivity index (χ0) is 22.3. The molecule has 2 aromatic carbocycles. The molecule has 1 aliphatic rings. The summed E-state index contributed by atoms with van der Waals surface area (Å²) in [6.45, 7) is 7.09. The average molecular weight is 427 g/mol. The fraction of sp³-hybridized carbons (Fsp3) is 0.417. The number of hydrogen-bond donors (Lipinski definition) is 1. The zero-order valence-corrected chi connectivity index (χ0v) is 18.3. The number of piperidine rings is 1. The number of anilines is 1. The van der Waals surface area contributed by atoms with Crippen molar-refractivity contribution in [1.29, 1.82) is 0 Å². The summed E-state index contributed by atoms with van der Waals surface area (Å²) >= 11 is 0. The number of likely N-dealkylation sites (tertiary alicyclic amines) is 1. The predicted molar refractivity (Wildman–Crippen MR) is 118 cm³/mol. The minimum atomic E-state index is -0.737. The number of nitrogens with one attached hydrogen (secondary N) is 1. The molecule has 0 spiro atoms. The fourth-order valence-electron chi connectivity index (χ4n) is 3.23. The van der Waals surface area contributed by atoms with Crippen LogP contribution in [0.1, 0.15) is 39.2 Å². The Morgan fingerprint density at radius 1 is 1.00 bits per heavy atom. The van der Waals surface area contributed by atoms with Gasteiger partial charge in [-0.2, -0.15) is 0 Å². The molecular formula is C24H30N2O5. The average Bonchev–Trinajstić information content (AvgIpc) is 2.74. The van der Waals surface area contributed by atoms with E-state index in [4.69, 9.17) is 14.2 Å². The van der Waals surface area contributed by atoms with Crippen molar-refractivity contribution >= 4 is 17.9 Å². The molecular weight excluding hydrogens is 396 g/mol.